The fourth-order valence-corrected chi connectivity index (χ4v) is 7.38. The highest BCUT2D eigenvalue weighted by Crippen LogP contribution is 2.39. The zero-order valence-electron chi connectivity index (χ0n) is 29.8. The van der Waals surface area contributed by atoms with E-state index in [9.17, 15) is 0 Å². The van der Waals surface area contributed by atoms with Crippen LogP contribution in [0, 0.1) is 0 Å². The van der Waals surface area contributed by atoms with Gasteiger partial charge < -0.3 is 4.57 Å². The number of rotatable bonds is 7. The fourth-order valence-electron chi connectivity index (χ4n) is 7.38. The Morgan fingerprint density at radius 2 is 0.800 bits per heavy atom. The normalized spacial score (nSPS) is 11.3. The van der Waals surface area contributed by atoms with Crippen LogP contribution in [-0.4, -0.2) is 24.5 Å². The summed E-state index contributed by atoms with van der Waals surface area (Å²) < 4.78 is 2.30. The van der Waals surface area contributed by atoms with Crippen molar-refractivity contribution in [2.24, 2.45) is 0 Å². The van der Waals surface area contributed by atoms with Gasteiger partial charge >= 0.3 is 0 Å². The first kappa shape index (κ1) is 32.2. The molecule has 55 heavy (non-hydrogen) atoms. The molecule has 0 N–H and O–H groups in total. The highest BCUT2D eigenvalue weighted by molar-refractivity contribution is 6.11. The van der Waals surface area contributed by atoms with Crippen molar-refractivity contribution in [1.29, 1.82) is 0 Å². The van der Waals surface area contributed by atoms with Crippen molar-refractivity contribution >= 4 is 21.9 Å². The minimum absolute atomic E-state index is 0.693. The van der Waals surface area contributed by atoms with Crippen LogP contribution in [0.4, 0.5) is 0 Å². The predicted octanol–water partition coefficient (Wildman–Crippen LogP) is 12.4. The summed E-state index contributed by atoms with van der Waals surface area (Å²) in [4.78, 5) is 20.7. The molecule has 0 atom stereocenters. The van der Waals surface area contributed by atoms with Crippen molar-refractivity contribution in [2.45, 2.75) is 0 Å². The molecule has 5 nitrogen and oxygen atoms in total. The second-order valence-electron chi connectivity index (χ2n) is 13.5. The van der Waals surface area contributed by atoms with Gasteiger partial charge in [0.05, 0.1) is 28.1 Å². The maximum atomic E-state index is 5.35. The molecular weight excluding hydrogens is 671 g/mol. The topological polar surface area (TPSA) is 56.5 Å². The van der Waals surface area contributed by atoms with Crippen molar-refractivity contribution in [2.75, 3.05) is 0 Å². The van der Waals surface area contributed by atoms with Crippen LogP contribution in [0.5, 0.6) is 0 Å². The number of hydrogen-bond donors (Lipinski definition) is 0. The molecule has 0 spiro atoms. The monoisotopic (exact) mass is 703 g/mol. The zero-order valence-corrected chi connectivity index (χ0v) is 29.8. The molecule has 0 aliphatic rings. The Morgan fingerprint density at radius 1 is 0.327 bits per heavy atom. The molecule has 0 aliphatic heterocycles. The molecule has 7 aromatic carbocycles. The summed E-state index contributed by atoms with van der Waals surface area (Å²) in [6.07, 6.45) is 0. The lowest BCUT2D eigenvalue weighted by Gasteiger charge is -2.13. The molecule has 258 valence electrons. The molecule has 0 amide bonds. The minimum atomic E-state index is 0.693. The number of benzene rings is 7. The van der Waals surface area contributed by atoms with Crippen molar-refractivity contribution in [3.63, 3.8) is 0 Å². The first-order chi connectivity index (χ1) is 27.3. The van der Waals surface area contributed by atoms with Crippen LogP contribution in [0.25, 0.3) is 95.3 Å². The molecule has 0 radical (unpaired) electrons. The van der Waals surface area contributed by atoms with Gasteiger partial charge in [-0.2, -0.15) is 0 Å². The van der Waals surface area contributed by atoms with E-state index in [4.69, 9.17) is 19.9 Å². The van der Waals surface area contributed by atoms with E-state index in [1.54, 1.807) is 0 Å². The molecule has 10 rings (SSSR count). The lowest BCUT2D eigenvalue weighted by molar-refractivity contribution is 1.15. The van der Waals surface area contributed by atoms with Gasteiger partial charge in [-0.1, -0.05) is 164 Å². The van der Waals surface area contributed by atoms with Gasteiger partial charge in [0.25, 0.3) is 0 Å². The third kappa shape index (κ3) is 6.04. The molecule has 0 bridgehead atoms. The van der Waals surface area contributed by atoms with Gasteiger partial charge in [-0.25, -0.2) is 19.9 Å². The molecule has 0 unspecified atom stereocenters. The minimum Gasteiger partial charge on any atom is -0.306 e. The lowest BCUT2D eigenvalue weighted by atomic mass is 9.98. The average Bonchev–Trinajstić information content (AvgIpc) is 3.61. The summed E-state index contributed by atoms with van der Waals surface area (Å²) in [6, 6.07) is 69.0. The van der Waals surface area contributed by atoms with E-state index in [1.807, 2.05) is 60.7 Å². The first-order valence-electron chi connectivity index (χ1n) is 18.4. The number of fused-ring (bicyclic) bond motifs is 3. The molecule has 0 fully saturated rings. The van der Waals surface area contributed by atoms with E-state index in [1.165, 1.54) is 0 Å². The maximum absolute atomic E-state index is 5.35. The van der Waals surface area contributed by atoms with Gasteiger partial charge in [0.2, 0.25) is 0 Å². The number of hydrogen-bond acceptors (Lipinski definition) is 4. The summed E-state index contributed by atoms with van der Waals surface area (Å²) in [5.74, 6) is 1.39. The second-order valence-corrected chi connectivity index (χ2v) is 13.5. The van der Waals surface area contributed by atoms with Crippen LogP contribution in [0.15, 0.2) is 200 Å². The summed E-state index contributed by atoms with van der Waals surface area (Å²) in [7, 11) is 0. The van der Waals surface area contributed by atoms with E-state index < -0.39 is 0 Å². The molecular formula is C50H33N5. The SMILES string of the molecule is c1ccc(-c2cc(-c3cccc(-c4cccc(-c5nc(-c6ccccc6)nc6c7ccccc7n(-c7ccccc7)c56)c4)c3)nc(-c3ccccc3)n2)cc1. The Balaban J connectivity index is 1.15. The van der Waals surface area contributed by atoms with Crippen LogP contribution in [0.1, 0.15) is 0 Å². The molecule has 0 saturated carbocycles. The van der Waals surface area contributed by atoms with Crippen LogP contribution < -0.4 is 0 Å². The van der Waals surface area contributed by atoms with Crippen LogP contribution in [0.3, 0.4) is 0 Å². The average molecular weight is 704 g/mol. The standard InChI is InChI=1S/C50H33N5/c1-5-17-34(18-6-1)43-33-44(52-49(51-43)35-19-7-2-8-20-35)39-25-15-23-37(31-39)38-24-16-26-40(32-38)46-48-47(54-50(53-46)36-21-9-3-10-22-36)42-29-13-14-30-45(42)55(48)41-27-11-4-12-28-41/h1-33H. The van der Waals surface area contributed by atoms with Crippen molar-refractivity contribution in [3.05, 3.63) is 200 Å². The Hall–Kier alpha value is -7.50. The van der Waals surface area contributed by atoms with Crippen molar-refractivity contribution in [3.8, 4) is 73.4 Å². The first-order valence-corrected chi connectivity index (χ1v) is 18.4. The molecule has 3 heterocycles. The lowest BCUT2D eigenvalue weighted by Crippen LogP contribution is -2.00. The highest BCUT2D eigenvalue weighted by Gasteiger charge is 2.21. The third-order valence-electron chi connectivity index (χ3n) is 10.0. The fraction of sp³-hybridized carbons (Fsp3) is 0. The van der Waals surface area contributed by atoms with Crippen LogP contribution in [0.2, 0.25) is 0 Å². The van der Waals surface area contributed by atoms with Crippen LogP contribution >= 0.6 is 0 Å². The van der Waals surface area contributed by atoms with Crippen LogP contribution in [-0.2, 0) is 0 Å². The number of nitrogens with zero attached hydrogens (tertiary/aromatic N) is 5. The summed E-state index contributed by atoms with van der Waals surface area (Å²) >= 11 is 0. The van der Waals surface area contributed by atoms with Gasteiger partial charge in [0.15, 0.2) is 11.6 Å². The predicted molar refractivity (Wildman–Crippen MR) is 225 cm³/mol. The van der Waals surface area contributed by atoms with Gasteiger partial charge in [-0.15, -0.1) is 0 Å². The van der Waals surface area contributed by atoms with Gasteiger partial charge in [0, 0.05) is 38.9 Å². The summed E-state index contributed by atoms with van der Waals surface area (Å²) in [5.41, 5.74) is 13.8. The smallest absolute Gasteiger partial charge is 0.160 e. The molecule has 10 aromatic rings. The number of aromatic nitrogens is 5. The van der Waals surface area contributed by atoms with Crippen molar-refractivity contribution in [1.82, 2.24) is 24.5 Å². The van der Waals surface area contributed by atoms with Gasteiger partial charge in [-0.05, 0) is 47.5 Å². The third-order valence-corrected chi connectivity index (χ3v) is 10.0. The molecule has 5 heteroatoms. The molecule has 0 saturated heterocycles. The van der Waals surface area contributed by atoms with E-state index in [-0.39, 0.29) is 0 Å². The van der Waals surface area contributed by atoms with E-state index >= 15 is 0 Å². The Bertz CT molecular complexity index is 2900. The largest absolute Gasteiger partial charge is 0.306 e. The maximum Gasteiger partial charge on any atom is 0.160 e. The van der Waals surface area contributed by atoms with Crippen molar-refractivity contribution < 1.29 is 0 Å². The van der Waals surface area contributed by atoms with E-state index in [2.05, 4.69) is 144 Å². The highest BCUT2D eigenvalue weighted by atomic mass is 15.0. The van der Waals surface area contributed by atoms with E-state index in [0.717, 1.165) is 83.6 Å². The molecule has 3 aromatic heterocycles. The summed E-state index contributed by atoms with van der Waals surface area (Å²) in [5, 5.41) is 1.08. The Labute approximate surface area is 318 Å². The van der Waals surface area contributed by atoms with Gasteiger partial charge in [0.1, 0.15) is 5.52 Å². The van der Waals surface area contributed by atoms with E-state index in [0.29, 0.717) is 11.6 Å². The Kier molecular flexibility index (Phi) is 8.08. The van der Waals surface area contributed by atoms with Gasteiger partial charge in [-0.3, -0.25) is 0 Å². The second kappa shape index (κ2) is 13.8. The Morgan fingerprint density at radius 3 is 1.45 bits per heavy atom. The number of para-hydroxylation sites is 2. The summed E-state index contributed by atoms with van der Waals surface area (Å²) in [6.45, 7) is 0. The quantitative estimate of drug-likeness (QED) is 0.166. The molecule has 0 aliphatic carbocycles. The zero-order chi connectivity index (χ0) is 36.6.